The van der Waals surface area contributed by atoms with Gasteiger partial charge in [-0.05, 0) is 42.7 Å². The van der Waals surface area contributed by atoms with E-state index in [-0.39, 0.29) is 10.9 Å². The van der Waals surface area contributed by atoms with Gasteiger partial charge in [0, 0.05) is 13.0 Å². The summed E-state index contributed by atoms with van der Waals surface area (Å²) in [4.78, 5) is 0.222. The van der Waals surface area contributed by atoms with Crippen LogP contribution >= 0.6 is 11.7 Å². The molecule has 3 heterocycles. The molecule has 0 N–H and O–H groups in total. The van der Waals surface area contributed by atoms with Crippen LogP contribution in [0.25, 0.3) is 11.0 Å². The van der Waals surface area contributed by atoms with Gasteiger partial charge in [0.05, 0.1) is 31.0 Å². The van der Waals surface area contributed by atoms with E-state index in [2.05, 4.69) is 8.75 Å². The van der Waals surface area contributed by atoms with Crippen LogP contribution in [0.4, 0.5) is 0 Å². The van der Waals surface area contributed by atoms with Gasteiger partial charge >= 0.3 is 0 Å². The summed E-state index contributed by atoms with van der Waals surface area (Å²) in [5, 5.41) is 0. The van der Waals surface area contributed by atoms with Crippen LogP contribution in [0, 0.1) is 0 Å². The lowest BCUT2D eigenvalue weighted by Crippen LogP contribution is -2.30. The maximum absolute atomic E-state index is 13.5. The van der Waals surface area contributed by atoms with Crippen LogP contribution in [0.2, 0.25) is 0 Å². The fourth-order valence-corrected chi connectivity index (χ4v) is 6.30. The van der Waals surface area contributed by atoms with Crippen LogP contribution in [0.5, 0.6) is 11.5 Å². The maximum Gasteiger partial charge on any atom is 0.245 e. The van der Waals surface area contributed by atoms with Crippen molar-refractivity contribution in [2.24, 2.45) is 0 Å². The van der Waals surface area contributed by atoms with Crippen molar-refractivity contribution in [1.29, 1.82) is 0 Å². The second-order valence-electron chi connectivity index (χ2n) is 6.92. The van der Waals surface area contributed by atoms with E-state index < -0.39 is 10.0 Å². The van der Waals surface area contributed by atoms with Crippen LogP contribution in [-0.2, 0) is 10.0 Å². The lowest BCUT2D eigenvalue weighted by atomic mass is 10.0. The summed E-state index contributed by atoms with van der Waals surface area (Å²) in [7, 11) is -3.70. The Labute approximate surface area is 167 Å². The summed E-state index contributed by atoms with van der Waals surface area (Å²) in [5.74, 6) is 1.40. The van der Waals surface area contributed by atoms with Crippen molar-refractivity contribution in [3.8, 4) is 11.5 Å². The van der Waals surface area contributed by atoms with Gasteiger partial charge in [-0.1, -0.05) is 12.1 Å². The summed E-state index contributed by atoms with van der Waals surface area (Å²) < 4.78 is 48.4. The molecule has 5 rings (SSSR count). The minimum atomic E-state index is -3.70. The lowest BCUT2D eigenvalue weighted by molar-refractivity contribution is 0.296. The monoisotopic (exact) mass is 417 g/mol. The Balaban J connectivity index is 1.54. The van der Waals surface area contributed by atoms with Crippen LogP contribution in [0.3, 0.4) is 0 Å². The predicted molar refractivity (Wildman–Crippen MR) is 105 cm³/mol. The molecule has 2 aliphatic rings. The van der Waals surface area contributed by atoms with E-state index >= 15 is 0 Å². The largest absolute Gasteiger partial charge is 0.490 e. The molecule has 1 unspecified atom stereocenters. The van der Waals surface area contributed by atoms with Crippen molar-refractivity contribution in [3.05, 3.63) is 42.0 Å². The van der Waals surface area contributed by atoms with Gasteiger partial charge in [0.25, 0.3) is 0 Å². The molecule has 146 valence electrons. The van der Waals surface area contributed by atoms with Crippen LogP contribution in [0.1, 0.15) is 30.9 Å². The molecule has 0 amide bonds. The molecule has 0 spiro atoms. The van der Waals surface area contributed by atoms with Crippen LogP contribution in [0.15, 0.2) is 41.3 Å². The molecule has 3 aromatic rings. The fraction of sp³-hybridized carbons (Fsp3) is 0.368. The SMILES string of the molecule is O=S(=O)(c1cccc2nsnc12)N1CCCC1c1ccc2c(c1)OCCCO2. The van der Waals surface area contributed by atoms with Gasteiger partial charge in [-0.15, -0.1) is 0 Å². The van der Waals surface area contributed by atoms with E-state index in [1.165, 1.54) is 0 Å². The number of sulfonamides is 1. The van der Waals surface area contributed by atoms with E-state index in [1.54, 1.807) is 22.5 Å². The normalized spacial score (nSPS) is 20.4. The Kier molecular flexibility index (Phi) is 4.45. The van der Waals surface area contributed by atoms with E-state index in [1.807, 2.05) is 18.2 Å². The molecule has 2 aromatic carbocycles. The lowest BCUT2D eigenvalue weighted by Gasteiger charge is -2.25. The van der Waals surface area contributed by atoms with E-state index in [4.69, 9.17) is 9.47 Å². The second kappa shape index (κ2) is 6.98. The molecule has 0 bridgehead atoms. The first kappa shape index (κ1) is 17.8. The number of benzene rings is 2. The van der Waals surface area contributed by atoms with Crippen LogP contribution < -0.4 is 9.47 Å². The average Bonchev–Trinajstić information content (AvgIpc) is 3.32. The van der Waals surface area contributed by atoms with Crippen molar-refractivity contribution < 1.29 is 17.9 Å². The van der Waals surface area contributed by atoms with Crippen molar-refractivity contribution in [1.82, 2.24) is 13.1 Å². The minimum absolute atomic E-state index is 0.222. The zero-order valence-electron chi connectivity index (χ0n) is 15.1. The molecule has 1 fully saturated rings. The Morgan fingerprint density at radius 3 is 2.79 bits per heavy atom. The highest BCUT2D eigenvalue weighted by atomic mass is 32.2. The number of fused-ring (bicyclic) bond motifs is 2. The molecule has 1 atom stereocenters. The highest BCUT2D eigenvalue weighted by Crippen LogP contribution is 2.41. The Bertz CT molecular complexity index is 1130. The fourth-order valence-electron chi connectivity index (χ4n) is 3.86. The zero-order chi connectivity index (χ0) is 19.1. The molecule has 0 aliphatic carbocycles. The smallest absolute Gasteiger partial charge is 0.245 e. The van der Waals surface area contributed by atoms with Crippen LogP contribution in [-0.4, -0.2) is 41.2 Å². The third kappa shape index (κ3) is 2.94. The number of aromatic nitrogens is 2. The third-order valence-electron chi connectivity index (χ3n) is 5.20. The zero-order valence-corrected chi connectivity index (χ0v) is 16.7. The maximum atomic E-state index is 13.5. The van der Waals surface area contributed by atoms with Crippen molar-refractivity contribution in [3.63, 3.8) is 0 Å². The molecule has 9 heteroatoms. The summed E-state index contributed by atoms with van der Waals surface area (Å²) in [6.45, 7) is 1.71. The van der Waals surface area contributed by atoms with Gasteiger partial charge < -0.3 is 9.47 Å². The first-order valence-electron chi connectivity index (χ1n) is 9.27. The number of nitrogens with zero attached hydrogens (tertiary/aromatic N) is 3. The first-order valence-corrected chi connectivity index (χ1v) is 11.4. The van der Waals surface area contributed by atoms with Gasteiger partial charge in [0.1, 0.15) is 15.9 Å². The van der Waals surface area contributed by atoms with Crippen molar-refractivity contribution in [2.75, 3.05) is 19.8 Å². The molecule has 1 aromatic heterocycles. The Hall–Kier alpha value is -2.23. The molecular weight excluding hydrogens is 398 g/mol. The van der Waals surface area contributed by atoms with E-state index in [0.717, 1.165) is 36.6 Å². The first-order chi connectivity index (χ1) is 13.6. The average molecular weight is 418 g/mol. The Morgan fingerprint density at radius 1 is 1.04 bits per heavy atom. The molecule has 0 saturated carbocycles. The van der Waals surface area contributed by atoms with Gasteiger partial charge in [-0.3, -0.25) is 0 Å². The number of hydrogen-bond donors (Lipinski definition) is 0. The van der Waals surface area contributed by atoms with Gasteiger partial charge in [-0.25, -0.2) is 8.42 Å². The van der Waals surface area contributed by atoms with Crippen molar-refractivity contribution in [2.45, 2.75) is 30.2 Å². The highest BCUT2D eigenvalue weighted by molar-refractivity contribution is 7.89. The molecule has 2 aliphatic heterocycles. The summed E-state index contributed by atoms with van der Waals surface area (Å²) >= 11 is 1.03. The number of ether oxygens (including phenoxy) is 2. The van der Waals surface area contributed by atoms with Gasteiger partial charge in [-0.2, -0.15) is 13.1 Å². The molecule has 7 nitrogen and oxygen atoms in total. The summed E-state index contributed by atoms with van der Waals surface area (Å²) in [6.07, 6.45) is 2.41. The molecule has 28 heavy (non-hydrogen) atoms. The highest BCUT2D eigenvalue weighted by Gasteiger charge is 2.37. The molecule has 0 radical (unpaired) electrons. The third-order valence-corrected chi connectivity index (χ3v) is 7.68. The molecule has 1 saturated heterocycles. The Morgan fingerprint density at radius 2 is 1.89 bits per heavy atom. The van der Waals surface area contributed by atoms with E-state index in [0.29, 0.717) is 42.3 Å². The van der Waals surface area contributed by atoms with E-state index in [9.17, 15) is 8.42 Å². The minimum Gasteiger partial charge on any atom is -0.490 e. The van der Waals surface area contributed by atoms with Crippen molar-refractivity contribution >= 4 is 32.8 Å². The van der Waals surface area contributed by atoms with Gasteiger partial charge in [0.2, 0.25) is 10.0 Å². The topological polar surface area (TPSA) is 81.6 Å². The van der Waals surface area contributed by atoms with Gasteiger partial charge in [0.15, 0.2) is 11.5 Å². The summed E-state index contributed by atoms with van der Waals surface area (Å²) in [6, 6.07) is 10.6. The standard InChI is InChI=1S/C19H19N3O4S2/c23-28(24,18-6-1-4-14-19(18)21-27-20-14)22-9-2-5-15(22)13-7-8-16-17(12-13)26-11-3-10-25-16/h1,4,6-8,12,15H,2-3,5,9-11H2. The summed E-state index contributed by atoms with van der Waals surface area (Å²) in [5.41, 5.74) is 1.98. The predicted octanol–water partition coefficient (Wildman–Crippen LogP) is 3.38. The number of rotatable bonds is 3. The second-order valence-corrected chi connectivity index (χ2v) is 9.31. The molecular formula is C19H19N3O4S2. The number of hydrogen-bond acceptors (Lipinski definition) is 7. The quantitative estimate of drug-likeness (QED) is 0.650.